The molecule has 3 aliphatic rings. The first-order chi connectivity index (χ1) is 14.0. The molecule has 0 unspecified atom stereocenters. The molecule has 0 saturated carbocycles. The highest BCUT2D eigenvalue weighted by Crippen LogP contribution is 2.46. The number of hydrogen-bond donors (Lipinski definition) is 1. The molecular formula is C21H23N3O6. The van der Waals surface area contributed by atoms with E-state index in [-0.39, 0.29) is 36.9 Å². The molecule has 0 spiro atoms. The van der Waals surface area contributed by atoms with E-state index in [9.17, 15) is 29.1 Å². The molecule has 4 rings (SSSR count). The third-order valence-electron chi connectivity index (χ3n) is 6.43. The molecular weight excluding hydrogens is 390 g/mol. The number of fused-ring (bicyclic) bond motifs is 2. The van der Waals surface area contributed by atoms with Crippen molar-refractivity contribution in [3.63, 3.8) is 0 Å². The van der Waals surface area contributed by atoms with Crippen LogP contribution < -0.4 is 0 Å². The summed E-state index contributed by atoms with van der Waals surface area (Å²) in [6.45, 7) is 5.18. The van der Waals surface area contributed by atoms with E-state index in [1.807, 2.05) is 0 Å². The molecule has 30 heavy (non-hydrogen) atoms. The fraction of sp³-hybridized carbons (Fsp3) is 0.476. The zero-order chi connectivity index (χ0) is 22.0. The van der Waals surface area contributed by atoms with E-state index in [0.717, 1.165) is 9.91 Å². The van der Waals surface area contributed by atoms with Crippen molar-refractivity contribution >= 4 is 29.6 Å². The third-order valence-corrected chi connectivity index (χ3v) is 6.43. The Bertz CT molecular complexity index is 962. The number of benzene rings is 1. The number of imide groups is 1. The first-order valence-electron chi connectivity index (χ1n) is 9.87. The Hall–Kier alpha value is -3.23. The summed E-state index contributed by atoms with van der Waals surface area (Å²) in [6.07, 6.45) is -0.0473. The van der Waals surface area contributed by atoms with Gasteiger partial charge in [-0.15, -0.1) is 0 Å². The Morgan fingerprint density at radius 2 is 1.63 bits per heavy atom. The molecule has 2 atom stereocenters. The Labute approximate surface area is 173 Å². The average molecular weight is 413 g/mol. The van der Waals surface area contributed by atoms with Gasteiger partial charge in [-0.25, -0.2) is 9.80 Å². The molecule has 2 saturated heterocycles. The molecule has 0 bridgehead atoms. The third kappa shape index (κ3) is 2.44. The number of carbonyl (C=O) groups excluding carboxylic acids is 4. The largest absolute Gasteiger partial charge is 0.479 e. The molecule has 1 N–H and O–H groups in total. The number of hydrogen-bond acceptors (Lipinski definition) is 5. The molecule has 4 amide bonds. The maximum atomic E-state index is 13.7. The van der Waals surface area contributed by atoms with Crippen molar-refractivity contribution in [1.29, 1.82) is 0 Å². The van der Waals surface area contributed by atoms with Gasteiger partial charge < -0.3 is 5.11 Å². The van der Waals surface area contributed by atoms with Crippen LogP contribution in [0.25, 0.3) is 0 Å². The van der Waals surface area contributed by atoms with E-state index in [0.29, 0.717) is 0 Å². The normalized spacial score (nSPS) is 26.8. The summed E-state index contributed by atoms with van der Waals surface area (Å²) in [5.41, 5.74) is -2.17. The highest BCUT2D eigenvalue weighted by molar-refractivity contribution is 6.23. The number of rotatable bonds is 2. The molecule has 1 aromatic carbocycles. The van der Waals surface area contributed by atoms with Gasteiger partial charge in [-0.1, -0.05) is 32.9 Å². The van der Waals surface area contributed by atoms with Crippen LogP contribution in [0.2, 0.25) is 0 Å². The Balaban J connectivity index is 1.81. The first-order valence-corrected chi connectivity index (χ1v) is 9.87. The van der Waals surface area contributed by atoms with E-state index in [4.69, 9.17) is 0 Å². The van der Waals surface area contributed by atoms with Gasteiger partial charge in [0.05, 0.1) is 11.1 Å². The van der Waals surface area contributed by atoms with E-state index in [1.165, 1.54) is 17.1 Å². The zero-order valence-corrected chi connectivity index (χ0v) is 17.0. The van der Waals surface area contributed by atoms with E-state index >= 15 is 0 Å². The molecule has 3 heterocycles. The lowest BCUT2D eigenvalue weighted by atomic mass is 9.71. The Morgan fingerprint density at radius 1 is 1.07 bits per heavy atom. The van der Waals surface area contributed by atoms with Crippen molar-refractivity contribution in [2.45, 2.75) is 51.6 Å². The minimum absolute atomic E-state index is 0.0457. The smallest absolute Gasteiger partial charge is 0.332 e. The van der Waals surface area contributed by atoms with E-state index < -0.39 is 46.6 Å². The van der Waals surface area contributed by atoms with Crippen molar-refractivity contribution in [3.05, 3.63) is 35.4 Å². The van der Waals surface area contributed by atoms with Gasteiger partial charge in [0.15, 0.2) is 5.54 Å². The van der Waals surface area contributed by atoms with Gasteiger partial charge in [-0.2, -0.15) is 0 Å². The SMILES string of the molecule is CC(C)(C)[C@]1(C(=O)O)CCN2C(=O)CC[C@H](N3C(=O)c4ccccc4C3=O)C(=O)N21. The summed E-state index contributed by atoms with van der Waals surface area (Å²) in [5.74, 6) is -3.54. The quantitative estimate of drug-likeness (QED) is 0.731. The number of carboxylic acids is 1. The van der Waals surface area contributed by atoms with Crippen molar-refractivity contribution in [2.75, 3.05) is 6.54 Å². The Kier molecular flexibility index (Phi) is 4.27. The number of nitrogens with zero attached hydrogens (tertiary/aromatic N) is 3. The number of hydrazine groups is 1. The van der Waals surface area contributed by atoms with Crippen LogP contribution >= 0.6 is 0 Å². The second-order valence-electron chi connectivity index (χ2n) is 8.91. The zero-order valence-electron chi connectivity index (χ0n) is 17.0. The lowest BCUT2D eigenvalue weighted by molar-refractivity contribution is -0.185. The minimum atomic E-state index is -1.67. The predicted octanol–water partition coefficient (Wildman–Crippen LogP) is 1.29. The molecule has 0 aliphatic carbocycles. The van der Waals surface area contributed by atoms with Crippen molar-refractivity contribution < 1.29 is 29.1 Å². The minimum Gasteiger partial charge on any atom is -0.479 e. The van der Waals surface area contributed by atoms with Crippen LogP contribution in [0.1, 0.15) is 60.7 Å². The summed E-state index contributed by atoms with van der Waals surface area (Å²) >= 11 is 0. The molecule has 0 aromatic heterocycles. The van der Waals surface area contributed by atoms with Crippen LogP contribution in [-0.2, 0) is 14.4 Å². The van der Waals surface area contributed by atoms with Crippen LogP contribution in [0.4, 0.5) is 0 Å². The van der Waals surface area contributed by atoms with Crippen molar-refractivity contribution in [2.24, 2.45) is 5.41 Å². The number of aliphatic carboxylic acids is 1. The van der Waals surface area contributed by atoms with Gasteiger partial charge in [0.2, 0.25) is 5.91 Å². The maximum absolute atomic E-state index is 13.7. The van der Waals surface area contributed by atoms with Crippen LogP contribution in [0.5, 0.6) is 0 Å². The van der Waals surface area contributed by atoms with E-state index in [1.54, 1.807) is 32.9 Å². The summed E-state index contributed by atoms with van der Waals surface area (Å²) in [5, 5.41) is 12.3. The fourth-order valence-corrected chi connectivity index (χ4v) is 4.82. The van der Waals surface area contributed by atoms with Gasteiger partial charge in [-0.3, -0.25) is 29.1 Å². The lowest BCUT2D eigenvalue weighted by Crippen LogP contribution is -2.66. The van der Waals surface area contributed by atoms with Gasteiger partial charge >= 0.3 is 5.97 Å². The van der Waals surface area contributed by atoms with Crippen molar-refractivity contribution in [1.82, 2.24) is 14.9 Å². The summed E-state index contributed by atoms with van der Waals surface area (Å²) < 4.78 is 0. The predicted molar refractivity (Wildman–Crippen MR) is 103 cm³/mol. The summed E-state index contributed by atoms with van der Waals surface area (Å²) in [4.78, 5) is 65.7. The van der Waals surface area contributed by atoms with Crippen LogP contribution in [0.3, 0.4) is 0 Å². The standard InChI is InChI=1S/C21H23N3O6/c1-20(2,3)21(19(29)30)10-11-22-15(25)9-8-14(18(28)24(21)22)23-16(26)12-6-4-5-7-13(12)17(23)27/h4-7,14H,8-11H2,1-3H3,(H,29,30)/t14-,21+/m0/s1. The second kappa shape index (κ2) is 6.38. The van der Waals surface area contributed by atoms with Gasteiger partial charge in [0.25, 0.3) is 17.7 Å². The maximum Gasteiger partial charge on any atom is 0.332 e. The molecule has 0 radical (unpaired) electrons. The topological polar surface area (TPSA) is 115 Å². The van der Waals surface area contributed by atoms with E-state index in [2.05, 4.69) is 0 Å². The number of carboxylic acid groups (broad SMARTS) is 1. The van der Waals surface area contributed by atoms with Gasteiger partial charge in [-0.05, 0) is 24.0 Å². The molecule has 158 valence electrons. The molecule has 3 aliphatic heterocycles. The summed E-state index contributed by atoms with van der Waals surface area (Å²) in [6, 6.07) is 5.04. The first kappa shape index (κ1) is 20.1. The van der Waals surface area contributed by atoms with Gasteiger partial charge in [0.1, 0.15) is 6.04 Å². The van der Waals surface area contributed by atoms with Crippen LogP contribution in [0, 0.1) is 5.41 Å². The monoisotopic (exact) mass is 413 g/mol. The highest BCUT2D eigenvalue weighted by Gasteiger charge is 2.64. The summed E-state index contributed by atoms with van der Waals surface area (Å²) in [7, 11) is 0. The Morgan fingerprint density at radius 3 is 2.13 bits per heavy atom. The highest BCUT2D eigenvalue weighted by atomic mass is 16.4. The molecule has 1 aromatic rings. The average Bonchev–Trinajstić information content (AvgIpc) is 3.17. The number of amides is 4. The lowest BCUT2D eigenvalue weighted by Gasteiger charge is -2.46. The van der Waals surface area contributed by atoms with Crippen LogP contribution in [0.15, 0.2) is 24.3 Å². The molecule has 9 heteroatoms. The fourth-order valence-electron chi connectivity index (χ4n) is 4.82. The van der Waals surface area contributed by atoms with Crippen LogP contribution in [-0.4, -0.2) is 67.7 Å². The van der Waals surface area contributed by atoms with Crippen molar-refractivity contribution in [3.8, 4) is 0 Å². The second-order valence-corrected chi connectivity index (χ2v) is 8.91. The molecule has 9 nitrogen and oxygen atoms in total. The van der Waals surface area contributed by atoms with Gasteiger partial charge in [0, 0.05) is 19.4 Å². The number of carbonyl (C=O) groups is 5. The molecule has 2 fully saturated rings.